The van der Waals surface area contributed by atoms with Crippen LogP contribution in [0.3, 0.4) is 0 Å². The summed E-state index contributed by atoms with van der Waals surface area (Å²) >= 11 is 0. The Morgan fingerprint density at radius 1 is 0.931 bits per heavy atom. The molecular formula is C23H38N2O4. The lowest BCUT2D eigenvalue weighted by Crippen LogP contribution is -2.37. The Morgan fingerprint density at radius 3 is 2.48 bits per heavy atom. The van der Waals surface area contributed by atoms with Gasteiger partial charge in [0.05, 0.1) is 13.7 Å². The summed E-state index contributed by atoms with van der Waals surface area (Å²) in [6, 6.07) is 6.10. The number of ether oxygens (including phenoxy) is 3. The highest BCUT2D eigenvalue weighted by Crippen LogP contribution is 2.29. The van der Waals surface area contributed by atoms with Crippen LogP contribution in [0, 0.1) is 0 Å². The van der Waals surface area contributed by atoms with Crippen molar-refractivity contribution in [3.05, 3.63) is 23.8 Å². The predicted molar refractivity (Wildman–Crippen MR) is 115 cm³/mol. The number of aliphatic hydroxyl groups is 1. The molecule has 0 aliphatic carbocycles. The first-order chi connectivity index (χ1) is 14.2. The molecule has 1 aromatic carbocycles. The minimum atomic E-state index is -0.495. The van der Waals surface area contributed by atoms with Gasteiger partial charge in [0.25, 0.3) is 0 Å². The number of aliphatic hydroxyl groups excluding tert-OH is 1. The van der Waals surface area contributed by atoms with Gasteiger partial charge in [-0.05, 0) is 50.0 Å². The Hall–Kier alpha value is -1.34. The zero-order valence-electron chi connectivity index (χ0n) is 18.0. The first-order valence-corrected chi connectivity index (χ1v) is 11.2. The van der Waals surface area contributed by atoms with Crippen molar-refractivity contribution in [2.75, 3.05) is 59.7 Å². The van der Waals surface area contributed by atoms with Crippen LogP contribution in [-0.4, -0.2) is 80.7 Å². The molecule has 0 radical (unpaired) electrons. The molecule has 1 aromatic rings. The van der Waals surface area contributed by atoms with Gasteiger partial charge in [-0.3, -0.25) is 4.90 Å². The first kappa shape index (κ1) is 22.3. The van der Waals surface area contributed by atoms with Crippen LogP contribution in [0.1, 0.15) is 44.1 Å². The van der Waals surface area contributed by atoms with Crippen molar-refractivity contribution in [1.82, 2.24) is 9.80 Å². The third kappa shape index (κ3) is 7.78. The first-order valence-electron chi connectivity index (χ1n) is 11.2. The number of hydrogen-bond acceptors (Lipinski definition) is 6. The predicted octanol–water partition coefficient (Wildman–Crippen LogP) is 2.92. The second-order valence-corrected chi connectivity index (χ2v) is 8.26. The van der Waals surface area contributed by atoms with Gasteiger partial charge < -0.3 is 24.2 Å². The normalized spacial score (nSPS) is 21.0. The number of β-amino-alcohol motifs (C(OH)–C–C–N with tert-alkyl or cyclic N) is 1. The lowest BCUT2D eigenvalue weighted by molar-refractivity contribution is 0.0644. The highest BCUT2D eigenvalue weighted by atomic mass is 16.5. The van der Waals surface area contributed by atoms with Crippen LogP contribution in [0.15, 0.2) is 18.2 Å². The summed E-state index contributed by atoms with van der Waals surface area (Å²) in [5, 5.41) is 10.5. The number of nitrogens with zero attached hydrogens (tertiary/aromatic N) is 2. The van der Waals surface area contributed by atoms with E-state index in [9.17, 15) is 5.11 Å². The average molecular weight is 407 g/mol. The number of likely N-dealkylation sites (tertiary alicyclic amines) is 1. The number of benzene rings is 1. The van der Waals surface area contributed by atoms with Crippen LogP contribution in [0.4, 0.5) is 0 Å². The average Bonchev–Trinajstić information content (AvgIpc) is 2.97. The van der Waals surface area contributed by atoms with Gasteiger partial charge in [-0.25, -0.2) is 0 Å². The summed E-state index contributed by atoms with van der Waals surface area (Å²) in [5.74, 6) is 1.43. The van der Waals surface area contributed by atoms with Crippen molar-refractivity contribution in [2.45, 2.75) is 51.2 Å². The number of methoxy groups -OCH3 is 1. The van der Waals surface area contributed by atoms with E-state index in [1.165, 1.54) is 37.7 Å². The molecule has 2 fully saturated rings. The molecule has 0 saturated carbocycles. The second-order valence-electron chi connectivity index (χ2n) is 8.26. The van der Waals surface area contributed by atoms with Crippen LogP contribution in [-0.2, 0) is 11.3 Å². The molecular weight excluding hydrogens is 368 g/mol. The monoisotopic (exact) mass is 406 g/mol. The Labute approximate surface area is 175 Å². The SMILES string of the molecule is COc1ccc(CN2CCCOCC2)cc1OCC(O)CN1CCCCCCC1. The molecule has 0 amide bonds. The molecule has 2 aliphatic rings. The molecule has 0 aromatic heterocycles. The fourth-order valence-corrected chi connectivity index (χ4v) is 4.18. The third-order valence-electron chi connectivity index (χ3n) is 5.80. The Kier molecular flexibility index (Phi) is 9.54. The molecule has 3 rings (SSSR count). The van der Waals surface area contributed by atoms with Gasteiger partial charge in [0.15, 0.2) is 11.5 Å². The molecule has 1 N–H and O–H groups in total. The van der Waals surface area contributed by atoms with Gasteiger partial charge in [-0.2, -0.15) is 0 Å². The summed E-state index contributed by atoms with van der Waals surface area (Å²) < 4.78 is 17.0. The summed E-state index contributed by atoms with van der Waals surface area (Å²) in [6.07, 6.45) is 6.98. The van der Waals surface area contributed by atoms with Crippen LogP contribution in [0.2, 0.25) is 0 Å². The van der Waals surface area contributed by atoms with E-state index in [2.05, 4.69) is 15.9 Å². The standard InChI is InChI=1S/C23H38N2O4/c1-27-22-9-8-20(17-25-12-7-14-28-15-13-25)16-23(22)29-19-21(26)18-24-10-5-3-2-4-6-11-24/h8-9,16,21,26H,2-7,10-15,17-19H2,1H3. The Bertz CT molecular complexity index is 582. The van der Waals surface area contributed by atoms with Crippen molar-refractivity contribution in [3.63, 3.8) is 0 Å². The molecule has 2 saturated heterocycles. The minimum Gasteiger partial charge on any atom is -0.493 e. The highest BCUT2D eigenvalue weighted by molar-refractivity contribution is 5.43. The van der Waals surface area contributed by atoms with Crippen molar-refractivity contribution >= 4 is 0 Å². The van der Waals surface area contributed by atoms with E-state index < -0.39 is 6.10 Å². The van der Waals surface area contributed by atoms with E-state index in [0.717, 1.165) is 52.4 Å². The van der Waals surface area contributed by atoms with Crippen LogP contribution in [0.5, 0.6) is 11.5 Å². The van der Waals surface area contributed by atoms with Crippen molar-refractivity contribution < 1.29 is 19.3 Å². The molecule has 0 bridgehead atoms. The molecule has 1 atom stereocenters. The topological polar surface area (TPSA) is 54.4 Å². The Balaban J connectivity index is 1.52. The van der Waals surface area contributed by atoms with Crippen LogP contribution >= 0.6 is 0 Å². The molecule has 0 spiro atoms. The molecule has 2 aliphatic heterocycles. The van der Waals surface area contributed by atoms with Gasteiger partial charge in [0.1, 0.15) is 12.7 Å². The summed E-state index contributed by atoms with van der Waals surface area (Å²) in [4.78, 5) is 4.79. The maximum atomic E-state index is 10.5. The van der Waals surface area contributed by atoms with E-state index in [1.807, 2.05) is 12.1 Å². The fourth-order valence-electron chi connectivity index (χ4n) is 4.18. The lowest BCUT2D eigenvalue weighted by atomic mass is 10.1. The van der Waals surface area contributed by atoms with Crippen LogP contribution in [0.25, 0.3) is 0 Å². The maximum Gasteiger partial charge on any atom is 0.161 e. The number of hydrogen-bond donors (Lipinski definition) is 1. The van der Waals surface area contributed by atoms with Gasteiger partial charge in [-0.1, -0.05) is 25.3 Å². The third-order valence-corrected chi connectivity index (χ3v) is 5.80. The largest absolute Gasteiger partial charge is 0.493 e. The highest BCUT2D eigenvalue weighted by Gasteiger charge is 2.16. The summed E-state index contributed by atoms with van der Waals surface area (Å²) in [6.45, 7) is 7.65. The minimum absolute atomic E-state index is 0.286. The van der Waals surface area contributed by atoms with Crippen LogP contribution < -0.4 is 9.47 Å². The Morgan fingerprint density at radius 2 is 1.69 bits per heavy atom. The number of rotatable bonds is 8. The van der Waals surface area contributed by atoms with E-state index in [4.69, 9.17) is 14.2 Å². The maximum absolute atomic E-state index is 10.5. The molecule has 6 heteroatoms. The van der Waals surface area contributed by atoms with Gasteiger partial charge in [-0.15, -0.1) is 0 Å². The molecule has 6 nitrogen and oxygen atoms in total. The summed E-state index contributed by atoms with van der Waals surface area (Å²) in [7, 11) is 1.66. The van der Waals surface area contributed by atoms with Gasteiger partial charge in [0.2, 0.25) is 0 Å². The fraction of sp³-hybridized carbons (Fsp3) is 0.739. The van der Waals surface area contributed by atoms with Crippen molar-refractivity contribution in [3.8, 4) is 11.5 Å². The molecule has 164 valence electrons. The molecule has 29 heavy (non-hydrogen) atoms. The van der Waals surface area contributed by atoms with E-state index in [1.54, 1.807) is 7.11 Å². The van der Waals surface area contributed by atoms with E-state index in [-0.39, 0.29) is 6.61 Å². The van der Waals surface area contributed by atoms with Gasteiger partial charge in [0, 0.05) is 32.8 Å². The van der Waals surface area contributed by atoms with E-state index in [0.29, 0.717) is 18.0 Å². The molecule has 1 unspecified atom stereocenters. The van der Waals surface area contributed by atoms with Gasteiger partial charge >= 0.3 is 0 Å². The van der Waals surface area contributed by atoms with Crippen molar-refractivity contribution in [1.29, 1.82) is 0 Å². The molecule has 2 heterocycles. The quantitative estimate of drug-likeness (QED) is 0.716. The summed E-state index contributed by atoms with van der Waals surface area (Å²) in [5.41, 5.74) is 1.20. The zero-order valence-corrected chi connectivity index (χ0v) is 18.0. The zero-order chi connectivity index (χ0) is 20.3. The smallest absolute Gasteiger partial charge is 0.161 e. The lowest BCUT2D eigenvalue weighted by Gasteiger charge is -2.27. The van der Waals surface area contributed by atoms with E-state index >= 15 is 0 Å². The van der Waals surface area contributed by atoms with Crippen molar-refractivity contribution in [2.24, 2.45) is 0 Å². The second kappa shape index (κ2) is 12.4.